The highest BCUT2D eigenvalue weighted by molar-refractivity contribution is 5.86. The van der Waals surface area contributed by atoms with Crippen molar-refractivity contribution in [2.75, 3.05) is 19.6 Å². The Morgan fingerprint density at radius 3 is 2.58 bits per heavy atom. The van der Waals surface area contributed by atoms with Gasteiger partial charge in [-0.2, -0.15) is 0 Å². The van der Waals surface area contributed by atoms with Crippen molar-refractivity contribution in [3.05, 3.63) is 0 Å². The van der Waals surface area contributed by atoms with Gasteiger partial charge >= 0.3 is 12.0 Å². The van der Waals surface area contributed by atoms with E-state index in [0.29, 0.717) is 19.4 Å². The number of hydrogen-bond acceptors (Lipinski definition) is 4. The Bertz CT molecular complexity index is 374. The van der Waals surface area contributed by atoms with Crippen molar-refractivity contribution in [3.63, 3.8) is 0 Å². The molecule has 9 nitrogen and oxygen atoms in total. The molecule has 4 amide bonds. The number of aliphatic carboxylic acids is 1. The van der Waals surface area contributed by atoms with Crippen LogP contribution in [-0.2, 0) is 14.4 Å². The van der Waals surface area contributed by atoms with Crippen LogP contribution in [0.4, 0.5) is 4.79 Å². The van der Waals surface area contributed by atoms with Gasteiger partial charge < -0.3 is 26.4 Å². The van der Waals surface area contributed by atoms with Crippen LogP contribution in [0.5, 0.6) is 0 Å². The third kappa shape index (κ3) is 6.24. The van der Waals surface area contributed by atoms with Crippen LogP contribution in [0.1, 0.15) is 12.8 Å². The molecule has 9 heteroatoms. The predicted molar refractivity (Wildman–Crippen MR) is 63.2 cm³/mol. The average molecular weight is 272 g/mol. The van der Waals surface area contributed by atoms with Crippen molar-refractivity contribution in [1.29, 1.82) is 0 Å². The number of amides is 4. The fraction of sp³-hybridized carbons (Fsp3) is 0.600. The predicted octanol–water partition coefficient (Wildman–Crippen LogP) is -2.23. The highest BCUT2D eigenvalue weighted by Gasteiger charge is 2.19. The molecule has 1 heterocycles. The van der Waals surface area contributed by atoms with Crippen molar-refractivity contribution in [2.24, 2.45) is 0 Å². The number of carbonyl (C=O) groups is 4. The van der Waals surface area contributed by atoms with Crippen LogP contribution in [0.25, 0.3) is 0 Å². The molecule has 5 N–H and O–H groups in total. The summed E-state index contributed by atoms with van der Waals surface area (Å²) in [6, 6.07) is -0.702. The van der Waals surface area contributed by atoms with Crippen molar-refractivity contribution < 1.29 is 24.3 Å². The fourth-order valence-electron chi connectivity index (χ4n) is 1.49. The maximum Gasteiger partial charge on any atom is 0.322 e. The van der Waals surface area contributed by atoms with Crippen molar-refractivity contribution >= 4 is 23.8 Å². The number of nitrogens with one attached hydrogen (secondary N) is 4. The summed E-state index contributed by atoms with van der Waals surface area (Å²) >= 11 is 0. The van der Waals surface area contributed by atoms with Crippen LogP contribution in [0.2, 0.25) is 0 Å². The monoisotopic (exact) mass is 272 g/mol. The van der Waals surface area contributed by atoms with Gasteiger partial charge in [0.25, 0.3) is 0 Å². The van der Waals surface area contributed by atoms with Gasteiger partial charge in [-0.25, -0.2) is 4.79 Å². The molecule has 0 spiro atoms. The van der Waals surface area contributed by atoms with Gasteiger partial charge in [0.2, 0.25) is 11.8 Å². The molecular formula is C10H16N4O5. The molecule has 0 bridgehead atoms. The zero-order chi connectivity index (χ0) is 14.3. The van der Waals surface area contributed by atoms with E-state index >= 15 is 0 Å². The molecule has 1 aliphatic rings. The first-order chi connectivity index (χ1) is 8.97. The van der Waals surface area contributed by atoms with Crippen LogP contribution in [0, 0.1) is 0 Å². The molecule has 1 saturated heterocycles. The number of carboxylic acids is 1. The minimum atomic E-state index is -1.16. The largest absolute Gasteiger partial charge is 0.480 e. The molecule has 0 aromatic rings. The fourth-order valence-corrected chi connectivity index (χ4v) is 1.49. The molecule has 19 heavy (non-hydrogen) atoms. The number of carboxylic acid groups (broad SMARTS) is 1. The van der Waals surface area contributed by atoms with Crippen LogP contribution >= 0.6 is 0 Å². The Morgan fingerprint density at radius 1 is 1.26 bits per heavy atom. The van der Waals surface area contributed by atoms with Gasteiger partial charge in [0.05, 0.1) is 6.54 Å². The van der Waals surface area contributed by atoms with Gasteiger partial charge in [-0.05, 0) is 6.42 Å². The zero-order valence-electron chi connectivity index (χ0n) is 10.2. The third-order valence-electron chi connectivity index (χ3n) is 2.45. The summed E-state index contributed by atoms with van der Waals surface area (Å²) in [6.45, 7) is -0.438. The first kappa shape index (κ1) is 14.7. The van der Waals surface area contributed by atoms with E-state index in [4.69, 9.17) is 5.11 Å². The minimum absolute atomic E-state index is 0.0495. The molecule has 106 valence electrons. The topological polar surface area (TPSA) is 137 Å². The number of urea groups is 1. The van der Waals surface area contributed by atoms with E-state index in [9.17, 15) is 19.2 Å². The first-order valence-electron chi connectivity index (χ1n) is 5.77. The van der Waals surface area contributed by atoms with E-state index in [-0.39, 0.29) is 18.5 Å². The number of piperidine rings is 1. The van der Waals surface area contributed by atoms with Crippen LogP contribution in [0.15, 0.2) is 0 Å². The standard InChI is InChI=1S/C10H16N4O5/c15-7-2-1-6(3-11-7)14-10(19)13-4-8(16)12-5-9(17)18/h6H,1-5H2,(H,11,15)(H,12,16)(H,17,18)(H2,13,14,19). The second-order valence-electron chi connectivity index (χ2n) is 4.04. The number of hydrogen-bond donors (Lipinski definition) is 5. The van der Waals surface area contributed by atoms with Gasteiger partial charge in [-0.1, -0.05) is 0 Å². The van der Waals surface area contributed by atoms with E-state index in [0.717, 1.165) is 0 Å². The van der Waals surface area contributed by atoms with Gasteiger partial charge in [-0.3, -0.25) is 14.4 Å². The zero-order valence-corrected chi connectivity index (χ0v) is 10.2. The Kier molecular flexibility index (Phi) is 5.58. The molecular weight excluding hydrogens is 256 g/mol. The lowest BCUT2D eigenvalue weighted by atomic mass is 10.1. The smallest absolute Gasteiger partial charge is 0.322 e. The molecule has 0 aromatic heterocycles. The summed E-state index contributed by atoms with van der Waals surface area (Å²) < 4.78 is 0. The summed E-state index contributed by atoms with van der Waals surface area (Å²) in [4.78, 5) is 43.6. The molecule has 1 fully saturated rings. The molecule has 1 aliphatic heterocycles. The van der Waals surface area contributed by atoms with E-state index < -0.39 is 24.5 Å². The van der Waals surface area contributed by atoms with Gasteiger partial charge in [0, 0.05) is 19.0 Å². The van der Waals surface area contributed by atoms with Gasteiger partial charge in [-0.15, -0.1) is 0 Å². The Balaban J connectivity index is 2.15. The van der Waals surface area contributed by atoms with Crippen molar-refractivity contribution in [1.82, 2.24) is 21.3 Å². The molecule has 1 rings (SSSR count). The van der Waals surface area contributed by atoms with Gasteiger partial charge in [0.15, 0.2) is 0 Å². The molecule has 0 aliphatic carbocycles. The molecule has 0 saturated carbocycles. The second-order valence-corrected chi connectivity index (χ2v) is 4.04. The second kappa shape index (κ2) is 7.19. The lowest BCUT2D eigenvalue weighted by Crippen LogP contribution is -2.51. The quantitative estimate of drug-likeness (QED) is 0.385. The SMILES string of the molecule is O=C(O)CNC(=O)CNC(=O)NC1CCC(=O)NC1. The summed E-state index contributed by atoms with van der Waals surface area (Å²) in [5, 5.41) is 17.9. The van der Waals surface area contributed by atoms with Crippen LogP contribution in [-0.4, -0.2) is 54.6 Å². The highest BCUT2D eigenvalue weighted by Crippen LogP contribution is 2.01. The Labute approximate surface area is 109 Å². The molecule has 1 atom stereocenters. The summed E-state index contributed by atoms with van der Waals surface area (Å²) in [5.41, 5.74) is 0. The van der Waals surface area contributed by atoms with Gasteiger partial charge in [0.1, 0.15) is 6.54 Å². The minimum Gasteiger partial charge on any atom is -0.480 e. The summed E-state index contributed by atoms with van der Waals surface area (Å²) in [6.07, 6.45) is 0.897. The lowest BCUT2D eigenvalue weighted by molar-refractivity contribution is -0.137. The van der Waals surface area contributed by atoms with Crippen molar-refractivity contribution in [2.45, 2.75) is 18.9 Å². The number of carbonyl (C=O) groups excluding carboxylic acids is 3. The summed E-state index contributed by atoms with van der Waals surface area (Å²) in [5.74, 6) is -1.79. The first-order valence-corrected chi connectivity index (χ1v) is 5.77. The number of rotatable bonds is 5. The van der Waals surface area contributed by atoms with Crippen LogP contribution in [0.3, 0.4) is 0 Å². The molecule has 0 radical (unpaired) electrons. The van der Waals surface area contributed by atoms with E-state index in [1.165, 1.54) is 0 Å². The summed E-state index contributed by atoms with van der Waals surface area (Å²) in [7, 11) is 0. The van der Waals surface area contributed by atoms with E-state index in [1.807, 2.05) is 0 Å². The van der Waals surface area contributed by atoms with Crippen molar-refractivity contribution in [3.8, 4) is 0 Å². The average Bonchev–Trinajstić information content (AvgIpc) is 2.36. The molecule has 1 unspecified atom stereocenters. The third-order valence-corrected chi connectivity index (χ3v) is 2.45. The Hall–Kier alpha value is -2.32. The lowest BCUT2D eigenvalue weighted by Gasteiger charge is -2.23. The highest BCUT2D eigenvalue weighted by atomic mass is 16.4. The van der Waals surface area contributed by atoms with E-state index in [1.54, 1.807) is 0 Å². The Morgan fingerprint density at radius 2 is 2.00 bits per heavy atom. The molecule has 0 aromatic carbocycles. The normalized spacial score (nSPS) is 18.1. The maximum absolute atomic E-state index is 11.4. The van der Waals surface area contributed by atoms with Crippen LogP contribution < -0.4 is 21.3 Å². The maximum atomic E-state index is 11.4. The van der Waals surface area contributed by atoms with E-state index in [2.05, 4.69) is 21.3 Å².